The highest BCUT2D eigenvalue weighted by atomic mass is 16.4. The summed E-state index contributed by atoms with van der Waals surface area (Å²) in [6.45, 7) is 6.70. The molecule has 1 aliphatic rings. The number of carboxylic acid groups (broad SMARTS) is 1. The van der Waals surface area contributed by atoms with Crippen molar-refractivity contribution in [1.82, 2.24) is 4.90 Å². The molecule has 1 fully saturated rings. The number of rotatable bonds is 6. The van der Waals surface area contributed by atoms with Crippen LogP contribution in [0.15, 0.2) is 0 Å². The fourth-order valence-electron chi connectivity index (χ4n) is 2.65. The van der Waals surface area contributed by atoms with Crippen LogP contribution in [0.3, 0.4) is 0 Å². The lowest BCUT2D eigenvalue weighted by Crippen LogP contribution is -2.39. The van der Waals surface area contributed by atoms with Crippen molar-refractivity contribution in [2.75, 3.05) is 13.1 Å². The van der Waals surface area contributed by atoms with Gasteiger partial charge in [-0.1, -0.05) is 20.3 Å². The third kappa shape index (κ3) is 3.78. The Bertz CT molecular complexity index is 210. The molecule has 0 aromatic heterocycles. The van der Waals surface area contributed by atoms with Crippen molar-refractivity contribution < 1.29 is 9.90 Å². The van der Waals surface area contributed by atoms with Crippen molar-refractivity contribution in [2.24, 2.45) is 5.92 Å². The zero-order valence-corrected chi connectivity index (χ0v) is 10.6. The quantitative estimate of drug-likeness (QED) is 0.758. The molecule has 0 bridgehead atoms. The first-order chi connectivity index (χ1) is 7.69. The number of unbranched alkanes of at least 4 members (excludes halogenated alkanes) is 1. The molecule has 94 valence electrons. The Hall–Kier alpha value is -0.570. The van der Waals surface area contributed by atoms with Crippen LogP contribution in [0.5, 0.6) is 0 Å². The molecule has 0 heterocycles. The van der Waals surface area contributed by atoms with Crippen molar-refractivity contribution >= 4 is 5.97 Å². The average molecular weight is 227 g/mol. The SMILES string of the molecule is CCCCN(CC)C1CCC(C(=O)O)CC1. The second-order valence-electron chi connectivity index (χ2n) is 4.83. The van der Waals surface area contributed by atoms with E-state index in [4.69, 9.17) is 5.11 Å². The van der Waals surface area contributed by atoms with Crippen LogP contribution in [0.4, 0.5) is 0 Å². The van der Waals surface area contributed by atoms with Gasteiger partial charge in [0.05, 0.1) is 5.92 Å². The molecule has 0 aliphatic heterocycles. The molecular formula is C13H25NO2. The third-order valence-corrected chi connectivity index (χ3v) is 3.77. The summed E-state index contributed by atoms with van der Waals surface area (Å²) in [5, 5.41) is 8.95. The second-order valence-corrected chi connectivity index (χ2v) is 4.83. The summed E-state index contributed by atoms with van der Waals surface area (Å²) in [6, 6.07) is 0.632. The fraction of sp³-hybridized carbons (Fsp3) is 0.923. The van der Waals surface area contributed by atoms with E-state index in [2.05, 4.69) is 18.7 Å². The van der Waals surface area contributed by atoms with Crippen LogP contribution in [0.1, 0.15) is 52.4 Å². The molecule has 1 rings (SSSR count). The van der Waals surface area contributed by atoms with Crippen LogP contribution in [0, 0.1) is 5.92 Å². The molecule has 0 amide bonds. The van der Waals surface area contributed by atoms with E-state index in [0.29, 0.717) is 6.04 Å². The molecule has 0 aromatic rings. The standard InChI is InChI=1S/C13H25NO2/c1-3-5-10-14(4-2)12-8-6-11(7-9-12)13(15)16/h11-12H,3-10H2,1-2H3,(H,15,16). The fourth-order valence-corrected chi connectivity index (χ4v) is 2.65. The summed E-state index contributed by atoms with van der Waals surface area (Å²) in [7, 11) is 0. The van der Waals surface area contributed by atoms with Crippen molar-refractivity contribution in [2.45, 2.75) is 58.4 Å². The smallest absolute Gasteiger partial charge is 0.306 e. The first-order valence-electron chi connectivity index (χ1n) is 6.65. The first-order valence-corrected chi connectivity index (χ1v) is 6.65. The largest absolute Gasteiger partial charge is 0.481 e. The molecule has 0 aromatic carbocycles. The van der Waals surface area contributed by atoms with Gasteiger partial charge in [0, 0.05) is 6.04 Å². The molecule has 1 N–H and O–H groups in total. The molecule has 0 radical (unpaired) electrons. The minimum absolute atomic E-state index is 0.0823. The Morgan fingerprint density at radius 2 is 1.88 bits per heavy atom. The summed E-state index contributed by atoms with van der Waals surface area (Å²) in [5.41, 5.74) is 0. The highest BCUT2D eigenvalue weighted by molar-refractivity contribution is 5.70. The van der Waals surface area contributed by atoms with Crippen LogP contribution in [0.2, 0.25) is 0 Å². The summed E-state index contributed by atoms with van der Waals surface area (Å²) in [6.07, 6.45) is 6.35. The van der Waals surface area contributed by atoms with Crippen molar-refractivity contribution in [1.29, 1.82) is 0 Å². The van der Waals surface area contributed by atoms with Gasteiger partial charge in [-0.3, -0.25) is 4.79 Å². The first kappa shape index (κ1) is 13.5. The predicted molar refractivity (Wildman–Crippen MR) is 65.5 cm³/mol. The van der Waals surface area contributed by atoms with Gasteiger partial charge >= 0.3 is 5.97 Å². The maximum absolute atomic E-state index is 10.9. The molecule has 1 saturated carbocycles. The van der Waals surface area contributed by atoms with E-state index in [0.717, 1.165) is 32.2 Å². The van der Waals surface area contributed by atoms with E-state index in [9.17, 15) is 4.79 Å². The van der Waals surface area contributed by atoms with Gasteiger partial charge in [0.1, 0.15) is 0 Å². The van der Waals surface area contributed by atoms with Crippen LogP contribution >= 0.6 is 0 Å². The lowest BCUT2D eigenvalue weighted by atomic mass is 9.85. The monoisotopic (exact) mass is 227 g/mol. The maximum atomic E-state index is 10.9. The zero-order valence-electron chi connectivity index (χ0n) is 10.6. The Balaban J connectivity index is 2.35. The topological polar surface area (TPSA) is 40.5 Å². The number of hydrogen-bond acceptors (Lipinski definition) is 2. The molecule has 0 spiro atoms. The normalized spacial score (nSPS) is 25.9. The average Bonchev–Trinajstić information content (AvgIpc) is 2.30. The molecule has 0 unspecified atom stereocenters. The Labute approximate surface area is 98.8 Å². The molecule has 0 atom stereocenters. The van der Waals surface area contributed by atoms with E-state index in [-0.39, 0.29) is 5.92 Å². The summed E-state index contributed by atoms with van der Waals surface area (Å²) in [5.74, 6) is -0.684. The molecule has 3 heteroatoms. The van der Waals surface area contributed by atoms with Crippen LogP contribution < -0.4 is 0 Å². The maximum Gasteiger partial charge on any atom is 0.306 e. The van der Waals surface area contributed by atoms with E-state index in [1.807, 2.05) is 0 Å². The van der Waals surface area contributed by atoms with Gasteiger partial charge < -0.3 is 10.0 Å². The Morgan fingerprint density at radius 3 is 2.31 bits per heavy atom. The van der Waals surface area contributed by atoms with Crippen LogP contribution in [-0.4, -0.2) is 35.1 Å². The number of carboxylic acids is 1. The van der Waals surface area contributed by atoms with E-state index in [1.165, 1.54) is 19.4 Å². The highest BCUT2D eigenvalue weighted by Gasteiger charge is 2.28. The second kappa shape index (κ2) is 6.89. The number of nitrogens with zero attached hydrogens (tertiary/aromatic N) is 1. The number of hydrogen-bond donors (Lipinski definition) is 1. The third-order valence-electron chi connectivity index (χ3n) is 3.77. The zero-order chi connectivity index (χ0) is 12.0. The molecule has 1 aliphatic carbocycles. The van der Waals surface area contributed by atoms with Gasteiger partial charge in [0.25, 0.3) is 0 Å². The molecule has 16 heavy (non-hydrogen) atoms. The van der Waals surface area contributed by atoms with Gasteiger partial charge in [0.15, 0.2) is 0 Å². The summed E-state index contributed by atoms with van der Waals surface area (Å²) < 4.78 is 0. The number of carbonyl (C=O) groups is 1. The Kier molecular flexibility index (Phi) is 5.81. The van der Waals surface area contributed by atoms with Crippen molar-refractivity contribution in [3.63, 3.8) is 0 Å². The minimum Gasteiger partial charge on any atom is -0.481 e. The van der Waals surface area contributed by atoms with Gasteiger partial charge in [-0.2, -0.15) is 0 Å². The van der Waals surface area contributed by atoms with Gasteiger partial charge in [-0.05, 0) is 45.2 Å². The Morgan fingerprint density at radius 1 is 1.25 bits per heavy atom. The molecule has 3 nitrogen and oxygen atoms in total. The predicted octanol–water partition coefficient (Wildman–Crippen LogP) is 2.75. The summed E-state index contributed by atoms with van der Waals surface area (Å²) >= 11 is 0. The van der Waals surface area contributed by atoms with Crippen LogP contribution in [0.25, 0.3) is 0 Å². The highest BCUT2D eigenvalue weighted by Crippen LogP contribution is 2.27. The molecule has 0 saturated heterocycles. The van der Waals surface area contributed by atoms with E-state index in [1.54, 1.807) is 0 Å². The van der Waals surface area contributed by atoms with E-state index < -0.39 is 5.97 Å². The van der Waals surface area contributed by atoms with Crippen molar-refractivity contribution in [3.05, 3.63) is 0 Å². The van der Waals surface area contributed by atoms with E-state index >= 15 is 0 Å². The van der Waals surface area contributed by atoms with Gasteiger partial charge in [-0.25, -0.2) is 0 Å². The lowest BCUT2D eigenvalue weighted by molar-refractivity contribution is -0.143. The lowest BCUT2D eigenvalue weighted by Gasteiger charge is -2.35. The summed E-state index contributed by atoms with van der Waals surface area (Å²) in [4.78, 5) is 13.4. The van der Waals surface area contributed by atoms with Gasteiger partial charge in [0.2, 0.25) is 0 Å². The minimum atomic E-state index is -0.602. The van der Waals surface area contributed by atoms with Gasteiger partial charge in [-0.15, -0.1) is 0 Å². The van der Waals surface area contributed by atoms with Crippen LogP contribution in [-0.2, 0) is 4.79 Å². The molecular weight excluding hydrogens is 202 g/mol. The number of aliphatic carboxylic acids is 1. The van der Waals surface area contributed by atoms with Crippen molar-refractivity contribution in [3.8, 4) is 0 Å².